The average Bonchev–Trinajstić information content (AvgIpc) is 2.64. The molecule has 0 aliphatic heterocycles. The summed E-state index contributed by atoms with van der Waals surface area (Å²) in [7, 11) is -2.23. The molecule has 2 rings (SSSR count). The minimum atomic E-state index is -3.60. The standard InChI is InChI=1S/C18H19FN2O4S/c1-25-17-9-7-14(13-16(17)19)8-10-18(22)20-11-12-21-26(23,24)15-5-3-2-4-6-15/h2-10,13,21H,11-12H2,1H3,(H,20,22)/b10-8+. The summed E-state index contributed by atoms with van der Waals surface area (Å²) in [5, 5.41) is 2.54. The van der Waals surface area contributed by atoms with Crippen LogP contribution in [0.2, 0.25) is 0 Å². The van der Waals surface area contributed by atoms with Crippen LogP contribution in [0.3, 0.4) is 0 Å². The highest BCUT2D eigenvalue weighted by atomic mass is 32.2. The van der Waals surface area contributed by atoms with Crippen LogP contribution in [0.15, 0.2) is 59.5 Å². The topological polar surface area (TPSA) is 84.5 Å². The Kier molecular flexibility index (Phi) is 6.88. The van der Waals surface area contributed by atoms with E-state index in [1.54, 1.807) is 24.3 Å². The first-order valence-corrected chi connectivity index (χ1v) is 9.25. The summed E-state index contributed by atoms with van der Waals surface area (Å²) < 4.78 is 44.7. The molecule has 6 nitrogen and oxygen atoms in total. The van der Waals surface area contributed by atoms with Crippen LogP contribution in [-0.2, 0) is 14.8 Å². The van der Waals surface area contributed by atoms with Crippen molar-refractivity contribution >= 4 is 22.0 Å². The zero-order valence-electron chi connectivity index (χ0n) is 14.1. The Morgan fingerprint density at radius 1 is 1.15 bits per heavy atom. The van der Waals surface area contributed by atoms with Crippen molar-refractivity contribution in [2.24, 2.45) is 0 Å². The quantitative estimate of drug-likeness (QED) is 0.543. The van der Waals surface area contributed by atoms with Gasteiger partial charge in [0.05, 0.1) is 12.0 Å². The monoisotopic (exact) mass is 378 g/mol. The van der Waals surface area contributed by atoms with Crippen LogP contribution in [-0.4, -0.2) is 34.5 Å². The summed E-state index contributed by atoms with van der Waals surface area (Å²) in [6.45, 7) is 0.167. The van der Waals surface area contributed by atoms with E-state index in [-0.39, 0.29) is 23.7 Å². The summed E-state index contributed by atoms with van der Waals surface area (Å²) >= 11 is 0. The SMILES string of the molecule is COc1ccc(/C=C/C(=O)NCCNS(=O)(=O)c2ccccc2)cc1F. The molecule has 138 valence electrons. The molecule has 0 heterocycles. The third-order valence-electron chi connectivity index (χ3n) is 3.37. The third-order valence-corrected chi connectivity index (χ3v) is 4.85. The smallest absolute Gasteiger partial charge is 0.244 e. The highest BCUT2D eigenvalue weighted by Crippen LogP contribution is 2.18. The maximum atomic E-state index is 13.6. The molecule has 0 saturated carbocycles. The Morgan fingerprint density at radius 2 is 1.88 bits per heavy atom. The fourth-order valence-electron chi connectivity index (χ4n) is 2.07. The third kappa shape index (κ3) is 5.68. The number of carbonyl (C=O) groups is 1. The number of amides is 1. The highest BCUT2D eigenvalue weighted by molar-refractivity contribution is 7.89. The second-order valence-corrected chi connectivity index (χ2v) is 7.00. The van der Waals surface area contributed by atoms with Crippen molar-refractivity contribution in [1.82, 2.24) is 10.0 Å². The number of hydrogen-bond donors (Lipinski definition) is 2. The summed E-state index contributed by atoms with van der Waals surface area (Å²) in [6, 6.07) is 12.3. The summed E-state index contributed by atoms with van der Waals surface area (Å²) in [6.07, 6.45) is 2.69. The van der Waals surface area contributed by atoms with Gasteiger partial charge in [0.25, 0.3) is 0 Å². The van der Waals surface area contributed by atoms with Gasteiger partial charge in [0.15, 0.2) is 11.6 Å². The van der Waals surface area contributed by atoms with E-state index in [4.69, 9.17) is 4.74 Å². The Bertz CT molecular complexity index is 883. The summed E-state index contributed by atoms with van der Waals surface area (Å²) in [5.74, 6) is -0.817. The van der Waals surface area contributed by atoms with E-state index in [1.807, 2.05) is 0 Å². The number of methoxy groups -OCH3 is 1. The maximum absolute atomic E-state index is 13.6. The minimum Gasteiger partial charge on any atom is -0.494 e. The van der Waals surface area contributed by atoms with Gasteiger partial charge in [-0.25, -0.2) is 17.5 Å². The fraction of sp³-hybridized carbons (Fsp3) is 0.167. The van der Waals surface area contributed by atoms with Crippen molar-refractivity contribution in [3.63, 3.8) is 0 Å². The van der Waals surface area contributed by atoms with Gasteiger partial charge in [-0.1, -0.05) is 24.3 Å². The number of halogens is 1. The van der Waals surface area contributed by atoms with Crippen molar-refractivity contribution in [3.8, 4) is 5.75 Å². The molecule has 0 unspecified atom stereocenters. The molecule has 0 atom stereocenters. The Morgan fingerprint density at radius 3 is 2.54 bits per heavy atom. The van der Waals surface area contributed by atoms with E-state index in [9.17, 15) is 17.6 Å². The number of benzene rings is 2. The zero-order chi connectivity index (χ0) is 19.0. The van der Waals surface area contributed by atoms with Gasteiger partial charge in [-0.15, -0.1) is 0 Å². The lowest BCUT2D eigenvalue weighted by Crippen LogP contribution is -2.34. The lowest BCUT2D eigenvalue weighted by molar-refractivity contribution is -0.116. The molecule has 8 heteroatoms. The summed E-state index contributed by atoms with van der Waals surface area (Å²) in [4.78, 5) is 11.9. The predicted octanol–water partition coefficient (Wildman–Crippen LogP) is 1.94. The Labute approximate surface area is 151 Å². The molecule has 0 aliphatic carbocycles. The maximum Gasteiger partial charge on any atom is 0.244 e. The molecule has 0 saturated heterocycles. The molecule has 0 aromatic heterocycles. The van der Waals surface area contributed by atoms with E-state index in [0.29, 0.717) is 5.56 Å². The molecule has 0 aliphatic rings. The highest BCUT2D eigenvalue weighted by Gasteiger charge is 2.12. The van der Waals surface area contributed by atoms with Crippen LogP contribution in [0.25, 0.3) is 6.08 Å². The molecule has 26 heavy (non-hydrogen) atoms. The van der Waals surface area contributed by atoms with Crippen molar-refractivity contribution in [2.75, 3.05) is 20.2 Å². The minimum absolute atomic E-state index is 0.0496. The van der Waals surface area contributed by atoms with Gasteiger partial charge >= 0.3 is 0 Å². The van der Waals surface area contributed by atoms with Gasteiger partial charge in [0.2, 0.25) is 15.9 Å². The Balaban J connectivity index is 1.79. The largest absolute Gasteiger partial charge is 0.494 e. The van der Waals surface area contributed by atoms with Crippen molar-refractivity contribution < 1.29 is 22.3 Å². The summed E-state index contributed by atoms with van der Waals surface area (Å²) in [5.41, 5.74) is 0.503. The van der Waals surface area contributed by atoms with Gasteiger partial charge < -0.3 is 10.1 Å². The molecule has 0 bridgehead atoms. The molecule has 2 aromatic carbocycles. The Hall–Kier alpha value is -2.71. The van der Waals surface area contributed by atoms with Crippen LogP contribution in [0.1, 0.15) is 5.56 Å². The van der Waals surface area contributed by atoms with Crippen LogP contribution < -0.4 is 14.8 Å². The van der Waals surface area contributed by atoms with Gasteiger partial charge in [0, 0.05) is 19.2 Å². The van der Waals surface area contributed by atoms with Crippen LogP contribution in [0.4, 0.5) is 4.39 Å². The second-order valence-electron chi connectivity index (χ2n) is 5.23. The number of ether oxygens (including phenoxy) is 1. The van der Waals surface area contributed by atoms with E-state index in [1.165, 1.54) is 43.5 Å². The van der Waals surface area contributed by atoms with Gasteiger partial charge in [-0.05, 0) is 35.9 Å². The zero-order valence-corrected chi connectivity index (χ0v) is 14.9. The van der Waals surface area contributed by atoms with Gasteiger partial charge in [-0.3, -0.25) is 4.79 Å². The van der Waals surface area contributed by atoms with Crippen molar-refractivity contribution in [1.29, 1.82) is 0 Å². The first-order chi connectivity index (χ1) is 12.4. The number of hydrogen-bond acceptors (Lipinski definition) is 4. The number of rotatable bonds is 8. The van der Waals surface area contributed by atoms with Crippen LogP contribution in [0, 0.1) is 5.82 Å². The first-order valence-electron chi connectivity index (χ1n) is 7.76. The number of nitrogens with one attached hydrogen (secondary N) is 2. The molecule has 0 fully saturated rings. The average molecular weight is 378 g/mol. The molecule has 2 N–H and O–H groups in total. The number of carbonyl (C=O) groups excluding carboxylic acids is 1. The van der Waals surface area contributed by atoms with Gasteiger partial charge in [0.1, 0.15) is 0 Å². The van der Waals surface area contributed by atoms with Crippen LogP contribution >= 0.6 is 0 Å². The van der Waals surface area contributed by atoms with E-state index >= 15 is 0 Å². The fourth-order valence-corrected chi connectivity index (χ4v) is 3.12. The van der Waals surface area contributed by atoms with Crippen LogP contribution in [0.5, 0.6) is 5.75 Å². The molecular formula is C18H19FN2O4S. The second kappa shape index (κ2) is 9.12. The lowest BCUT2D eigenvalue weighted by atomic mass is 10.2. The van der Waals surface area contributed by atoms with Gasteiger partial charge in [-0.2, -0.15) is 0 Å². The molecule has 0 radical (unpaired) electrons. The number of sulfonamides is 1. The van der Waals surface area contributed by atoms with Crippen molar-refractivity contribution in [3.05, 3.63) is 66.0 Å². The van der Waals surface area contributed by atoms with Crippen molar-refractivity contribution in [2.45, 2.75) is 4.90 Å². The molecule has 0 spiro atoms. The normalized spacial score (nSPS) is 11.5. The van der Waals surface area contributed by atoms with E-state index in [0.717, 1.165) is 0 Å². The van der Waals surface area contributed by atoms with E-state index in [2.05, 4.69) is 10.0 Å². The van der Waals surface area contributed by atoms with E-state index < -0.39 is 21.7 Å². The first kappa shape index (κ1) is 19.6. The lowest BCUT2D eigenvalue weighted by Gasteiger charge is -2.07. The molecular weight excluding hydrogens is 359 g/mol. The molecule has 1 amide bonds. The molecule has 2 aromatic rings. The predicted molar refractivity (Wildman–Crippen MR) is 96.6 cm³/mol.